The van der Waals surface area contributed by atoms with E-state index in [1.807, 2.05) is 42.9 Å². The molecule has 1 heterocycles. The van der Waals surface area contributed by atoms with E-state index in [1.54, 1.807) is 0 Å². The van der Waals surface area contributed by atoms with Crippen LogP contribution in [-0.2, 0) is 7.05 Å². The van der Waals surface area contributed by atoms with Crippen molar-refractivity contribution in [3.63, 3.8) is 0 Å². The minimum absolute atomic E-state index is 0.195. The standard InChI is InChI=1S/C17H20N4/c1-11(13-7-5-4-6-8-13)19-16-10-17-14(9-15(16)18)12(2)20-21(17)3/h4-11,19H,18H2,1-3H3/t11-/m0/s1. The lowest BCUT2D eigenvalue weighted by Gasteiger charge is -2.17. The fourth-order valence-electron chi connectivity index (χ4n) is 2.68. The highest BCUT2D eigenvalue weighted by molar-refractivity contribution is 5.91. The van der Waals surface area contributed by atoms with Gasteiger partial charge < -0.3 is 11.1 Å². The van der Waals surface area contributed by atoms with E-state index in [-0.39, 0.29) is 6.04 Å². The van der Waals surface area contributed by atoms with Crippen molar-refractivity contribution in [2.75, 3.05) is 11.1 Å². The molecule has 3 aromatic rings. The second-order valence-corrected chi connectivity index (χ2v) is 5.44. The van der Waals surface area contributed by atoms with Crippen LogP contribution < -0.4 is 11.1 Å². The zero-order valence-electron chi connectivity index (χ0n) is 12.6. The highest BCUT2D eigenvalue weighted by Crippen LogP contribution is 2.30. The summed E-state index contributed by atoms with van der Waals surface area (Å²) < 4.78 is 1.89. The van der Waals surface area contributed by atoms with E-state index in [9.17, 15) is 0 Å². The third-order valence-corrected chi connectivity index (χ3v) is 3.88. The summed E-state index contributed by atoms with van der Waals surface area (Å²) in [6.07, 6.45) is 0. The molecule has 0 spiro atoms. The maximum atomic E-state index is 6.19. The molecule has 3 rings (SSSR count). The Kier molecular flexibility index (Phi) is 3.29. The lowest BCUT2D eigenvalue weighted by Crippen LogP contribution is -2.08. The summed E-state index contributed by atoms with van der Waals surface area (Å²) >= 11 is 0. The molecule has 0 saturated heterocycles. The minimum Gasteiger partial charge on any atom is -0.397 e. The second kappa shape index (κ2) is 5.13. The lowest BCUT2D eigenvalue weighted by molar-refractivity contribution is 0.783. The first-order chi connectivity index (χ1) is 10.1. The van der Waals surface area contributed by atoms with Gasteiger partial charge in [0.2, 0.25) is 0 Å². The Morgan fingerprint density at radius 1 is 1.19 bits per heavy atom. The third kappa shape index (κ3) is 2.44. The summed E-state index contributed by atoms with van der Waals surface area (Å²) in [4.78, 5) is 0. The fraction of sp³-hybridized carbons (Fsp3) is 0.235. The van der Waals surface area contributed by atoms with Gasteiger partial charge in [0.05, 0.1) is 22.6 Å². The third-order valence-electron chi connectivity index (χ3n) is 3.88. The second-order valence-electron chi connectivity index (χ2n) is 5.44. The summed E-state index contributed by atoms with van der Waals surface area (Å²) in [5.41, 5.74) is 11.2. The number of nitrogens with one attached hydrogen (secondary N) is 1. The van der Waals surface area contributed by atoms with Crippen molar-refractivity contribution < 1.29 is 0 Å². The average Bonchev–Trinajstić information content (AvgIpc) is 2.75. The molecule has 4 nitrogen and oxygen atoms in total. The first kappa shape index (κ1) is 13.5. The molecule has 0 fully saturated rings. The molecule has 0 bridgehead atoms. The molecule has 0 aliphatic carbocycles. The number of aryl methyl sites for hydroxylation is 2. The van der Waals surface area contributed by atoms with Gasteiger partial charge in [-0.3, -0.25) is 4.68 Å². The van der Waals surface area contributed by atoms with Crippen LogP contribution >= 0.6 is 0 Å². The molecule has 108 valence electrons. The van der Waals surface area contributed by atoms with Gasteiger partial charge in [0, 0.05) is 18.5 Å². The first-order valence-electron chi connectivity index (χ1n) is 7.10. The molecule has 0 saturated carbocycles. The van der Waals surface area contributed by atoms with E-state index in [2.05, 4.69) is 35.5 Å². The molecule has 1 aromatic heterocycles. The number of nitrogens with two attached hydrogens (primary N) is 1. The summed E-state index contributed by atoms with van der Waals surface area (Å²) in [7, 11) is 1.95. The molecule has 3 N–H and O–H groups in total. The molecule has 0 radical (unpaired) electrons. The van der Waals surface area contributed by atoms with Gasteiger partial charge in [0.1, 0.15) is 0 Å². The number of nitrogens with zero attached hydrogens (tertiary/aromatic N) is 2. The largest absolute Gasteiger partial charge is 0.397 e. The normalized spacial score (nSPS) is 12.5. The van der Waals surface area contributed by atoms with E-state index < -0.39 is 0 Å². The number of hydrogen-bond donors (Lipinski definition) is 2. The highest BCUT2D eigenvalue weighted by atomic mass is 15.3. The van der Waals surface area contributed by atoms with Crippen LogP contribution in [0.1, 0.15) is 24.2 Å². The summed E-state index contributed by atoms with van der Waals surface area (Å²) in [5.74, 6) is 0. The Hall–Kier alpha value is -2.49. The molecule has 2 aromatic carbocycles. The molecule has 0 aliphatic heterocycles. The Balaban J connectivity index is 1.97. The summed E-state index contributed by atoms with van der Waals surface area (Å²) in [5, 5.41) is 9.04. The first-order valence-corrected chi connectivity index (χ1v) is 7.10. The Labute approximate surface area is 124 Å². The van der Waals surface area contributed by atoms with Gasteiger partial charge >= 0.3 is 0 Å². The molecule has 21 heavy (non-hydrogen) atoms. The smallest absolute Gasteiger partial charge is 0.0704 e. The van der Waals surface area contributed by atoms with E-state index >= 15 is 0 Å². The number of fused-ring (bicyclic) bond motifs is 1. The molecular formula is C17H20N4. The molecule has 0 aliphatic rings. The van der Waals surface area contributed by atoms with Crippen molar-refractivity contribution in [2.45, 2.75) is 19.9 Å². The van der Waals surface area contributed by atoms with Crippen molar-refractivity contribution in [1.82, 2.24) is 9.78 Å². The number of rotatable bonds is 3. The SMILES string of the molecule is Cc1nn(C)c2cc(N[C@@H](C)c3ccccc3)c(N)cc12. The molecular weight excluding hydrogens is 260 g/mol. The predicted octanol–water partition coefficient (Wildman–Crippen LogP) is 3.64. The van der Waals surface area contributed by atoms with Crippen LogP contribution in [0.5, 0.6) is 0 Å². The van der Waals surface area contributed by atoms with Crippen LogP contribution in [0.4, 0.5) is 11.4 Å². The highest BCUT2D eigenvalue weighted by Gasteiger charge is 2.11. The van der Waals surface area contributed by atoms with E-state index in [0.717, 1.165) is 28.0 Å². The van der Waals surface area contributed by atoms with Crippen LogP contribution in [0.25, 0.3) is 10.9 Å². The monoisotopic (exact) mass is 280 g/mol. The van der Waals surface area contributed by atoms with Gasteiger partial charge in [-0.05, 0) is 31.5 Å². The average molecular weight is 280 g/mol. The Bertz CT molecular complexity index is 774. The van der Waals surface area contributed by atoms with Gasteiger partial charge in [0.15, 0.2) is 0 Å². The maximum absolute atomic E-state index is 6.19. The van der Waals surface area contributed by atoms with Gasteiger partial charge in [-0.15, -0.1) is 0 Å². The lowest BCUT2D eigenvalue weighted by atomic mass is 10.1. The number of nitrogen functional groups attached to an aromatic ring is 1. The maximum Gasteiger partial charge on any atom is 0.0704 e. The van der Waals surface area contributed by atoms with Crippen LogP contribution in [-0.4, -0.2) is 9.78 Å². The van der Waals surface area contributed by atoms with Crippen molar-refractivity contribution in [2.24, 2.45) is 7.05 Å². The van der Waals surface area contributed by atoms with Crippen LogP contribution in [0.2, 0.25) is 0 Å². The number of benzene rings is 2. The minimum atomic E-state index is 0.195. The van der Waals surface area contributed by atoms with Crippen molar-refractivity contribution in [3.05, 3.63) is 53.7 Å². The molecule has 4 heteroatoms. The zero-order valence-corrected chi connectivity index (χ0v) is 12.6. The van der Waals surface area contributed by atoms with Crippen LogP contribution in [0.15, 0.2) is 42.5 Å². The Morgan fingerprint density at radius 3 is 2.62 bits per heavy atom. The van der Waals surface area contributed by atoms with E-state index in [4.69, 9.17) is 5.73 Å². The van der Waals surface area contributed by atoms with Gasteiger partial charge in [-0.2, -0.15) is 5.10 Å². The van der Waals surface area contributed by atoms with Gasteiger partial charge in [0.25, 0.3) is 0 Å². The van der Waals surface area contributed by atoms with Gasteiger partial charge in [-0.1, -0.05) is 30.3 Å². The topological polar surface area (TPSA) is 55.9 Å². The molecule has 0 amide bonds. The van der Waals surface area contributed by atoms with E-state index in [1.165, 1.54) is 5.56 Å². The van der Waals surface area contributed by atoms with Crippen molar-refractivity contribution in [1.29, 1.82) is 0 Å². The Morgan fingerprint density at radius 2 is 1.90 bits per heavy atom. The summed E-state index contributed by atoms with van der Waals surface area (Å²) in [6, 6.07) is 14.6. The van der Waals surface area contributed by atoms with Crippen LogP contribution in [0.3, 0.4) is 0 Å². The fourth-order valence-corrected chi connectivity index (χ4v) is 2.68. The molecule has 0 unspecified atom stereocenters. The summed E-state index contributed by atoms with van der Waals surface area (Å²) in [6.45, 7) is 4.13. The quantitative estimate of drug-likeness (QED) is 0.720. The van der Waals surface area contributed by atoms with Crippen LogP contribution in [0, 0.1) is 6.92 Å². The number of hydrogen-bond acceptors (Lipinski definition) is 3. The van der Waals surface area contributed by atoms with Crippen molar-refractivity contribution >= 4 is 22.3 Å². The zero-order chi connectivity index (χ0) is 15.0. The van der Waals surface area contributed by atoms with Gasteiger partial charge in [-0.25, -0.2) is 0 Å². The van der Waals surface area contributed by atoms with E-state index in [0.29, 0.717) is 0 Å². The van der Waals surface area contributed by atoms with Crippen molar-refractivity contribution in [3.8, 4) is 0 Å². The number of aromatic nitrogens is 2. The number of anilines is 2. The molecule has 1 atom stereocenters. The predicted molar refractivity (Wildman–Crippen MR) is 88.3 cm³/mol.